The lowest BCUT2D eigenvalue weighted by Gasteiger charge is -2.22. The highest BCUT2D eigenvalue weighted by Crippen LogP contribution is 2.49. The molecule has 13 aromatic carbocycles. The normalized spacial score (nSPS) is 20.1. The van der Waals surface area contributed by atoms with Gasteiger partial charge in [-0.25, -0.2) is 0 Å². The molecule has 0 atom stereocenters. The van der Waals surface area contributed by atoms with Crippen molar-refractivity contribution in [3.05, 3.63) is 205 Å². The lowest BCUT2D eigenvalue weighted by Crippen LogP contribution is -1.95. The second-order valence-corrected chi connectivity index (χ2v) is 14.0. The molecule has 0 N–H and O–H groups in total. The maximum atomic E-state index is 10.8. The van der Waals surface area contributed by atoms with E-state index in [-0.39, 0.29) is 0 Å². The fourth-order valence-electron chi connectivity index (χ4n) is 8.14. The van der Waals surface area contributed by atoms with Crippen LogP contribution in [0.1, 0.15) is 46.6 Å². The maximum Gasteiger partial charge on any atom is 0.136 e. The highest BCUT2D eigenvalue weighted by atomic mass is 16.3. The van der Waals surface area contributed by atoms with E-state index in [2.05, 4.69) is 0 Å². The van der Waals surface area contributed by atoms with Crippen LogP contribution in [0.4, 0.5) is 0 Å². The molecule has 0 spiro atoms. The zero-order valence-electron chi connectivity index (χ0n) is 64.4. The minimum atomic E-state index is -1.30. The molecule has 1 aromatic heterocycles. The molecule has 280 valence electrons. The van der Waals surface area contributed by atoms with Crippen molar-refractivity contribution in [3.8, 4) is 44.5 Å². The maximum absolute atomic E-state index is 10.8. The van der Waals surface area contributed by atoms with E-state index in [0.29, 0.717) is 0 Å². The number of fused-ring (bicyclic) bond motifs is 4. The first-order valence-corrected chi connectivity index (χ1v) is 18.4. The van der Waals surface area contributed by atoms with Crippen molar-refractivity contribution >= 4 is 97.3 Å². The van der Waals surface area contributed by atoms with E-state index >= 15 is 0 Å². The fraction of sp³-hybridized carbons (Fsp3) is 0. The molecule has 1 nitrogen and oxygen atoms in total. The molecular weight excluding hydrogens is 737 g/mol. The van der Waals surface area contributed by atoms with E-state index in [1.54, 1.807) is 0 Å². The van der Waals surface area contributed by atoms with Crippen LogP contribution >= 0.6 is 0 Å². The third-order valence-corrected chi connectivity index (χ3v) is 10.8. The Kier molecular flexibility index (Phi) is 2.88. The molecule has 0 amide bonds. The summed E-state index contributed by atoms with van der Waals surface area (Å²) in [6.45, 7) is 0. The van der Waals surface area contributed by atoms with Crippen LogP contribution in [-0.2, 0) is 0 Å². The smallest absolute Gasteiger partial charge is 0.136 e. The van der Waals surface area contributed by atoms with Gasteiger partial charge >= 0.3 is 0 Å². The van der Waals surface area contributed by atoms with Crippen LogP contribution in [0.3, 0.4) is 0 Å². The van der Waals surface area contributed by atoms with E-state index in [4.69, 9.17) is 25.0 Å². The van der Waals surface area contributed by atoms with Crippen molar-refractivity contribution in [3.63, 3.8) is 0 Å². The summed E-state index contributed by atoms with van der Waals surface area (Å²) in [5.74, 6) is 0. The van der Waals surface area contributed by atoms with E-state index in [1.807, 2.05) is 0 Å². The number of furan rings is 1. The Morgan fingerprint density at radius 3 is 1.44 bits per heavy atom. The average Bonchev–Trinajstić information content (AvgIpc) is 0.953. The minimum absolute atomic E-state index is 0.443. The number of rotatable bonds is 4. The zero-order valence-corrected chi connectivity index (χ0v) is 30.4. The summed E-state index contributed by atoms with van der Waals surface area (Å²) in [6, 6.07) is -33.6. The third kappa shape index (κ3) is 4.72. The Labute approximate surface area is 398 Å². The van der Waals surface area contributed by atoms with Crippen molar-refractivity contribution in [2.24, 2.45) is 0 Å². The van der Waals surface area contributed by atoms with Gasteiger partial charge < -0.3 is 4.42 Å². The van der Waals surface area contributed by atoms with Gasteiger partial charge in [-0.05, 0) is 156 Å². The van der Waals surface area contributed by atoms with Gasteiger partial charge in [0, 0.05) is 10.8 Å². The summed E-state index contributed by atoms with van der Waals surface area (Å²) < 4.78 is 327. The molecular formula is C60H34O. The van der Waals surface area contributed by atoms with Crippen molar-refractivity contribution in [2.45, 2.75) is 0 Å². The van der Waals surface area contributed by atoms with Crippen LogP contribution in [-0.4, -0.2) is 0 Å². The highest BCUT2D eigenvalue weighted by molar-refractivity contribution is 6.28. The van der Waals surface area contributed by atoms with E-state index in [1.165, 1.54) is 0 Å². The molecule has 0 radical (unpaired) electrons. The Bertz CT molecular complexity index is 6050. The van der Waals surface area contributed by atoms with Gasteiger partial charge in [0.1, 0.15) is 11.2 Å². The molecule has 0 saturated carbocycles. The van der Waals surface area contributed by atoms with E-state index < -0.39 is 347 Å². The van der Waals surface area contributed by atoms with Crippen LogP contribution in [0, 0.1) is 0 Å². The molecule has 0 fully saturated rings. The molecule has 61 heavy (non-hydrogen) atoms. The number of benzene rings is 13. The van der Waals surface area contributed by atoms with Crippen LogP contribution in [0.25, 0.3) is 142 Å². The summed E-state index contributed by atoms with van der Waals surface area (Å²) in [7, 11) is 0. The molecule has 14 rings (SSSR count). The fourth-order valence-corrected chi connectivity index (χ4v) is 8.14. The summed E-state index contributed by atoms with van der Waals surface area (Å²) in [6.07, 6.45) is 0. The predicted molar refractivity (Wildman–Crippen MR) is 260 cm³/mol. The summed E-state index contributed by atoms with van der Waals surface area (Å²) >= 11 is 0. The second kappa shape index (κ2) is 12.3. The van der Waals surface area contributed by atoms with Crippen LogP contribution in [0.15, 0.2) is 210 Å². The van der Waals surface area contributed by atoms with Gasteiger partial charge in [0.25, 0.3) is 0 Å². The molecule has 0 bridgehead atoms. The van der Waals surface area contributed by atoms with Gasteiger partial charge in [-0.3, -0.25) is 0 Å². The van der Waals surface area contributed by atoms with Gasteiger partial charge in [-0.1, -0.05) is 169 Å². The van der Waals surface area contributed by atoms with Crippen molar-refractivity contribution in [1.82, 2.24) is 0 Å². The second-order valence-electron chi connectivity index (χ2n) is 14.0. The first kappa shape index (κ1) is 14.3. The standard InChI is InChI=1S/C60H34O/c1-2-8-35(9-3-1)58-50(44-24-29-54-51(31-44)52-30-42-10-4-5-11-43(42)34-55(52)61-54)32-45(46-25-20-40-18-16-36-12-6-14-38-22-27-48(46)59(40)56(36)38)33-53(58)47-26-21-41-19-17-37-13-7-15-39-23-28-49(47)60(41)57(37)39/h1-34H/i1D,2D,3D,4D,5D,6D,7D,8D,9D,10D,11D,12D,13D,14D,15D,16D,17D,18D,19D,20D,21D,22D,23D,24D,25D,26D,27D,28D,29D,30D,31D,32D,33D,34D. The molecule has 0 aliphatic rings. The highest BCUT2D eigenvalue weighted by Gasteiger charge is 2.22. The molecule has 14 aromatic rings. The monoisotopic (exact) mass is 804 g/mol. The summed E-state index contributed by atoms with van der Waals surface area (Å²) in [5.41, 5.74) is -9.87. The van der Waals surface area contributed by atoms with Crippen LogP contribution in [0.2, 0.25) is 0 Å². The quantitative estimate of drug-likeness (QED) is 0.162. The van der Waals surface area contributed by atoms with E-state index in [0.717, 1.165) is 0 Å². The lowest BCUT2D eigenvalue weighted by molar-refractivity contribution is 0.669. The molecule has 1 heteroatoms. The van der Waals surface area contributed by atoms with Crippen molar-refractivity contribution in [2.75, 3.05) is 0 Å². The first-order chi connectivity index (χ1) is 44.4. The molecule has 0 aliphatic carbocycles. The minimum Gasteiger partial charge on any atom is -0.456 e. The largest absolute Gasteiger partial charge is 0.456 e. The van der Waals surface area contributed by atoms with Crippen LogP contribution in [0.5, 0.6) is 0 Å². The third-order valence-electron chi connectivity index (χ3n) is 10.8. The zero-order chi connectivity index (χ0) is 69.3. The van der Waals surface area contributed by atoms with Gasteiger partial charge in [0.2, 0.25) is 0 Å². The predicted octanol–water partition coefficient (Wildman–Crippen LogP) is 17.2. The summed E-state index contributed by atoms with van der Waals surface area (Å²) in [4.78, 5) is 0. The Morgan fingerprint density at radius 1 is 0.262 bits per heavy atom. The molecule has 0 aliphatic heterocycles. The van der Waals surface area contributed by atoms with E-state index in [9.17, 15) is 26.0 Å². The number of hydrogen-bond donors (Lipinski definition) is 0. The van der Waals surface area contributed by atoms with Crippen molar-refractivity contribution < 1.29 is 51.0 Å². The van der Waals surface area contributed by atoms with Gasteiger partial charge in [-0.2, -0.15) is 0 Å². The molecule has 0 saturated heterocycles. The van der Waals surface area contributed by atoms with Gasteiger partial charge in [0.15, 0.2) is 0 Å². The van der Waals surface area contributed by atoms with Crippen molar-refractivity contribution in [1.29, 1.82) is 0 Å². The van der Waals surface area contributed by atoms with Gasteiger partial charge in [0.05, 0.1) is 46.6 Å². The Hall–Kier alpha value is -8.00. The molecule has 1 heterocycles. The SMILES string of the molecule is [2H]c1c([2H])c([2H])c(-c2c(-c3c([2H])c([2H])c4oc5c([2H])c6c([2H])c([2H])c([2H])c([2H])c6c([2H])c5c4c3[2H])c([2H])c(-c3c([2H])c([2H])c4c([2H])c([2H])c5c([2H])c([2H])c([2H])c6c([2H])c([2H])c3c4c56)c([2H])c2-c2c([2H])c([2H])c3c([2H])c([2H])c4c([2H])c([2H])c([2H])c5c([2H])c([2H])c2c3c45)c([2H])c1[2H]. The Balaban J connectivity index is 1.35. The Morgan fingerprint density at radius 2 is 0.770 bits per heavy atom. The molecule has 0 unspecified atom stereocenters. The number of hydrogen-bond acceptors (Lipinski definition) is 1. The van der Waals surface area contributed by atoms with Gasteiger partial charge in [-0.15, -0.1) is 0 Å². The summed E-state index contributed by atoms with van der Waals surface area (Å²) in [5, 5.41) is -9.50. The topological polar surface area (TPSA) is 13.1 Å². The first-order valence-electron chi connectivity index (χ1n) is 35.4. The lowest BCUT2D eigenvalue weighted by atomic mass is 9.81. The average molecular weight is 805 g/mol. The van der Waals surface area contributed by atoms with Crippen LogP contribution < -0.4 is 0 Å².